The van der Waals surface area contributed by atoms with E-state index in [1.807, 2.05) is 60.7 Å². The van der Waals surface area contributed by atoms with Gasteiger partial charge in [0.2, 0.25) is 5.89 Å². The summed E-state index contributed by atoms with van der Waals surface area (Å²) in [5.41, 5.74) is -0.0597. The molecule has 3 saturated heterocycles. The highest BCUT2D eigenvalue weighted by Gasteiger charge is 2.48. The Labute approximate surface area is 210 Å². The Kier molecular flexibility index (Phi) is 5.86. The van der Waals surface area contributed by atoms with E-state index in [4.69, 9.17) is 9.15 Å². The first-order valence-electron chi connectivity index (χ1n) is 12.6. The number of piperidine rings is 3. The molecule has 7 rings (SSSR count). The number of hydrogen-bond acceptors (Lipinski definition) is 4. The summed E-state index contributed by atoms with van der Waals surface area (Å²) in [6, 6.07) is 25.3. The largest absolute Gasteiger partial charge is 0.484 e. The number of aliphatic hydroxyl groups is 1. The minimum atomic E-state index is -1.48. The fraction of sp³-hybridized carbons (Fsp3) is 0.300. The molecule has 6 heteroatoms. The van der Waals surface area contributed by atoms with Crippen LogP contribution >= 0.6 is 0 Å². The highest BCUT2D eigenvalue weighted by atomic mass is 19.1. The minimum Gasteiger partial charge on any atom is -0.484 e. The van der Waals surface area contributed by atoms with Crippen LogP contribution in [0.25, 0.3) is 0 Å². The average molecular weight is 486 g/mol. The van der Waals surface area contributed by atoms with Crippen molar-refractivity contribution in [2.45, 2.75) is 31.1 Å². The van der Waals surface area contributed by atoms with Gasteiger partial charge in [0.25, 0.3) is 0 Å². The molecule has 1 atom stereocenters. The average Bonchev–Trinajstić information content (AvgIpc) is 3.39. The molecule has 0 aliphatic carbocycles. The van der Waals surface area contributed by atoms with Crippen molar-refractivity contribution in [2.75, 3.05) is 19.6 Å². The lowest BCUT2D eigenvalue weighted by Crippen LogP contribution is -2.64. The molecule has 0 unspecified atom stereocenters. The number of ether oxygens (including phenoxy) is 1. The fourth-order valence-corrected chi connectivity index (χ4v) is 5.92. The Morgan fingerprint density at radius 3 is 2.14 bits per heavy atom. The molecule has 1 aromatic heterocycles. The van der Waals surface area contributed by atoms with Crippen molar-refractivity contribution in [3.05, 3.63) is 120 Å². The monoisotopic (exact) mass is 485 g/mol. The maximum absolute atomic E-state index is 13.3. The summed E-state index contributed by atoms with van der Waals surface area (Å²) in [6.45, 7) is 3.69. The summed E-state index contributed by atoms with van der Waals surface area (Å²) in [4.78, 5) is 4.59. The van der Waals surface area contributed by atoms with Crippen molar-refractivity contribution in [2.24, 2.45) is 5.92 Å². The number of halogens is 1. The minimum absolute atomic E-state index is 0.0888. The number of oxazole rings is 1. The van der Waals surface area contributed by atoms with E-state index >= 15 is 0 Å². The number of fused-ring (bicyclic) bond motifs is 3. The third kappa shape index (κ3) is 4.21. The number of rotatable bonds is 7. The van der Waals surface area contributed by atoms with Gasteiger partial charge >= 0.3 is 0 Å². The molecule has 0 spiro atoms. The number of quaternary nitrogens is 1. The Morgan fingerprint density at radius 1 is 0.917 bits per heavy atom. The smallest absolute Gasteiger partial charge is 0.236 e. The lowest BCUT2D eigenvalue weighted by atomic mass is 9.83. The third-order valence-electron chi connectivity index (χ3n) is 7.88. The molecule has 184 valence electrons. The van der Waals surface area contributed by atoms with Crippen molar-refractivity contribution in [3.8, 4) is 5.75 Å². The lowest BCUT2D eigenvalue weighted by Gasteiger charge is -2.51. The second-order valence-electron chi connectivity index (χ2n) is 10.2. The number of benzene rings is 3. The molecule has 1 N–H and O–H groups in total. The standard InChI is InChI=1S/C30H30FN2O3/c31-25-11-13-26(14-12-25)35-28-21-33(17-15-22(28)16-18-33)20-27-19-32-29(36-27)30(34,23-7-3-1-4-8-23)24-9-5-2-6-10-24/h1-14,19,22,28,34H,15-18,20-21H2/q+1/t22?,28-,33?/m0/s1. The Balaban J connectivity index is 1.26. The molecular formula is C30H30FN2O3+. The predicted octanol–water partition coefficient (Wildman–Crippen LogP) is 5.29. The molecule has 0 radical (unpaired) electrons. The third-order valence-corrected chi connectivity index (χ3v) is 7.88. The van der Waals surface area contributed by atoms with Gasteiger partial charge in [-0.25, -0.2) is 9.37 Å². The van der Waals surface area contributed by atoms with Crippen LogP contribution in [0.3, 0.4) is 0 Å². The topological polar surface area (TPSA) is 55.5 Å². The molecule has 4 heterocycles. The second kappa shape index (κ2) is 9.19. The first-order chi connectivity index (χ1) is 17.5. The molecule has 3 fully saturated rings. The number of aromatic nitrogens is 1. The van der Waals surface area contributed by atoms with Crippen LogP contribution in [0.4, 0.5) is 4.39 Å². The second-order valence-corrected chi connectivity index (χ2v) is 10.2. The molecule has 5 nitrogen and oxygen atoms in total. The summed E-state index contributed by atoms with van der Waals surface area (Å²) in [6.07, 6.45) is 4.02. The summed E-state index contributed by atoms with van der Waals surface area (Å²) in [5.74, 6) is 2.01. The van der Waals surface area contributed by atoms with Crippen LogP contribution < -0.4 is 4.74 Å². The van der Waals surface area contributed by atoms with E-state index in [1.54, 1.807) is 18.3 Å². The van der Waals surface area contributed by atoms with E-state index in [0.717, 1.165) is 42.7 Å². The predicted molar refractivity (Wildman–Crippen MR) is 134 cm³/mol. The molecule has 0 amide bonds. The molecule has 3 aliphatic rings. The van der Waals surface area contributed by atoms with Crippen molar-refractivity contribution in [3.63, 3.8) is 0 Å². The van der Waals surface area contributed by atoms with Crippen LogP contribution in [0.15, 0.2) is 95.5 Å². The van der Waals surface area contributed by atoms with Gasteiger partial charge in [0, 0.05) is 18.8 Å². The van der Waals surface area contributed by atoms with Crippen LogP contribution in [-0.2, 0) is 12.1 Å². The van der Waals surface area contributed by atoms with Crippen molar-refractivity contribution >= 4 is 0 Å². The van der Waals surface area contributed by atoms with Gasteiger partial charge < -0.3 is 18.7 Å². The van der Waals surface area contributed by atoms with Gasteiger partial charge in [-0.2, -0.15) is 0 Å². The fourth-order valence-electron chi connectivity index (χ4n) is 5.92. The van der Waals surface area contributed by atoms with E-state index in [-0.39, 0.29) is 17.8 Å². The Bertz CT molecular complexity index is 1260. The quantitative estimate of drug-likeness (QED) is 0.362. The van der Waals surface area contributed by atoms with Gasteiger partial charge in [0.1, 0.15) is 24.7 Å². The van der Waals surface area contributed by atoms with Crippen LogP contribution in [0, 0.1) is 11.7 Å². The van der Waals surface area contributed by atoms with E-state index < -0.39 is 5.60 Å². The van der Waals surface area contributed by atoms with Gasteiger partial charge in [0.15, 0.2) is 17.5 Å². The van der Waals surface area contributed by atoms with E-state index in [1.165, 1.54) is 12.1 Å². The molecule has 36 heavy (non-hydrogen) atoms. The van der Waals surface area contributed by atoms with E-state index in [0.29, 0.717) is 29.3 Å². The lowest BCUT2D eigenvalue weighted by molar-refractivity contribution is -0.958. The zero-order chi connectivity index (χ0) is 24.6. The molecule has 4 aromatic rings. The van der Waals surface area contributed by atoms with Gasteiger partial charge in [-0.15, -0.1) is 0 Å². The van der Waals surface area contributed by atoms with Crippen molar-refractivity contribution in [1.82, 2.24) is 4.98 Å². The zero-order valence-corrected chi connectivity index (χ0v) is 20.1. The number of nitrogens with zero attached hydrogens (tertiary/aromatic N) is 2. The van der Waals surface area contributed by atoms with Gasteiger partial charge in [0.05, 0.1) is 19.3 Å². The van der Waals surface area contributed by atoms with Crippen LogP contribution in [0.1, 0.15) is 35.6 Å². The number of hydrogen-bond donors (Lipinski definition) is 1. The van der Waals surface area contributed by atoms with E-state index in [2.05, 4.69) is 4.98 Å². The SMILES string of the molecule is OC(c1ccccc1)(c1ccccc1)c1ncc(C[N+]23CCC(CC2)[C@@H](Oc2ccc(F)cc2)C3)o1. The van der Waals surface area contributed by atoms with E-state index in [9.17, 15) is 9.50 Å². The summed E-state index contributed by atoms with van der Waals surface area (Å²) in [5, 5.41) is 12.0. The maximum atomic E-state index is 13.3. The van der Waals surface area contributed by atoms with Gasteiger partial charge in [-0.05, 0) is 35.4 Å². The van der Waals surface area contributed by atoms with Crippen LogP contribution in [-0.4, -0.2) is 40.3 Å². The van der Waals surface area contributed by atoms with Crippen LogP contribution in [0.2, 0.25) is 0 Å². The zero-order valence-electron chi connectivity index (χ0n) is 20.1. The molecule has 0 saturated carbocycles. The maximum Gasteiger partial charge on any atom is 0.236 e. The Hall–Kier alpha value is -3.48. The Morgan fingerprint density at radius 2 is 1.53 bits per heavy atom. The highest BCUT2D eigenvalue weighted by Crippen LogP contribution is 2.39. The first-order valence-corrected chi connectivity index (χ1v) is 12.6. The first kappa shape index (κ1) is 23.0. The van der Waals surface area contributed by atoms with Gasteiger partial charge in [-0.3, -0.25) is 0 Å². The van der Waals surface area contributed by atoms with Gasteiger partial charge in [-0.1, -0.05) is 60.7 Å². The summed E-state index contributed by atoms with van der Waals surface area (Å²) >= 11 is 0. The molecule has 3 aliphatic heterocycles. The molecular weight excluding hydrogens is 455 g/mol. The molecule has 2 bridgehead atoms. The highest BCUT2D eigenvalue weighted by molar-refractivity contribution is 5.41. The summed E-state index contributed by atoms with van der Waals surface area (Å²) < 4.78 is 26.8. The van der Waals surface area contributed by atoms with Crippen molar-refractivity contribution < 1.29 is 23.1 Å². The summed E-state index contributed by atoms with van der Waals surface area (Å²) in [7, 11) is 0. The molecule has 3 aromatic carbocycles. The normalized spacial score (nSPS) is 23.5. The van der Waals surface area contributed by atoms with Crippen molar-refractivity contribution in [1.29, 1.82) is 0 Å². The van der Waals surface area contributed by atoms with Crippen LogP contribution in [0.5, 0.6) is 5.75 Å².